The molecule has 5 nitrogen and oxygen atoms in total. The van der Waals surface area contributed by atoms with Gasteiger partial charge in [-0.05, 0) is 30.5 Å². The molecule has 0 bridgehead atoms. The highest BCUT2D eigenvalue weighted by molar-refractivity contribution is 5.15. The molecule has 5 heteroatoms. The molecule has 2 aromatic rings. The van der Waals surface area contributed by atoms with Crippen molar-refractivity contribution in [1.29, 1.82) is 0 Å². The van der Waals surface area contributed by atoms with E-state index in [1.54, 1.807) is 0 Å². The van der Waals surface area contributed by atoms with Crippen molar-refractivity contribution in [3.8, 4) is 5.88 Å². The highest BCUT2D eigenvalue weighted by atomic mass is 16.5. The Labute approximate surface area is 150 Å². The van der Waals surface area contributed by atoms with Crippen molar-refractivity contribution in [1.82, 2.24) is 20.4 Å². The zero-order valence-corrected chi connectivity index (χ0v) is 15.2. The summed E-state index contributed by atoms with van der Waals surface area (Å²) >= 11 is 0. The number of rotatable bonds is 8. The number of benzene rings is 1. The number of ether oxygens (including phenoxy) is 1. The summed E-state index contributed by atoms with van der Waals surface area (Å²) in [7, 11) is 0. The summed E-state index contributed by atoms with van der Waals surface area (Å²) in [4.78, 5) is 2.43. The van der Waals surface area contributed by atoms with Gasteiger partial charge in [-0.3, -0.25) is 4.90 Å². The van der Waals surface area contributed by atoms with Crippen molar-refractivity contribution in [2.24, 2.45) is 5.92 Å². The van der Waals surface area contributed by atoms with Crippen LogP contribution in [0.3, 0.4) is 0 Å². The minimum absolute atomic E-state index is 0.197. The first-order valence-electron chi connectivity index (χ1n) is 9.15. The Hall–Kier alpha value is -1.98. The van der Waals surface area contributed by atoms with Crippen molar-refractivity contribution in [3.63, 3.8) is 0 Å². The standard InChI is InChI=1S/C20H28N4O/c1-16(2)12-21-13-18-8-9-20(23-22-18)25-19-10-11-24(15-19)14-17-6-4-3-5-7-17/h3-9,16,19,21H,10-15H2,1-2H3. The van der Waals surface area contributed by atoms with E-state index in [2.05, 4.69) is 64.6 Å². The molecule has 0 aliphatic carbocycles. The summed E-state index contributed by atoms with van der Waals surface area (Å²) < 4.78 is 6.01. The first-order chi connectivity index (χ1) is 12.2. The predicted molar refractivity (Wildman–Crippen MR) is 99.3 cm³/mol. The second-order valence-corrected chi connectivity index (χ2v) is 7.14. The van der Waals surface area contributed by atoms with E-state index in [9.17, 15) is 0 Å². The van der Waals surface area contributed by atoms with Gasteiger partial charge in [0.25, 0.3) is 0 Å². The average molecular weight is 340 g/mol. The first kappa shape index (κ1) is 17.8. The van der Waals surface area contributed by atoms with Crippen molar-refractivity contribution in [2.45, 2.75) is 39.5 Å². The molecule has 134 valence electrons. The van der Waals surface area contributed by atoms with E-state index in [0.29, 0.717) is 11.8 Å². The number of hydrogen-bond acceptors (Lipinski definition) is 5. The van der Waals surface area contributed by atoms with Gasteiger partial charge >= 0.3 is 0 Å². The van der Waals surface area contributed by atoms with Gasteiger partial charge in [0, 0.05) is 32.2 Å². The third kappa shape index (κ3) is 5.80. The highest BCUT2D eigenvalue weighted by Crippen LogP contribution is 2.18. The summed E-state index contributed by atoms with van der Waals surface area (Å²) in [5, 5.41) is 11.8. The van der Waals surface area contributed by atoms with Gasteiger partial charge in [-0.25, -0.2) is 0 Å². The molecule has 1 N–H and O–H groups in total. The van der Waals surface area contributed by atoms with Gasteiger partial charge in [-0.2, -0.15) is 5.10 Å². The van der Waals surface area contributed by atoms with Gasteiger partial charge in [0.15, 0.2) is 0 Å². The molecule has 1 unspecified atom stereocenters. The molecule has 25 heavy (non-hydrogen) atoms. The Kier molecular flexibility index (Phi) is 6.36. The molecule has 1 aromatic carbocycles. The summed E-state index contributed by atoms with van der Waals surface area (Å²) in [6.45, 7) is 9.10. The highest BCUT2D eigenvalue weighted by Gasteiger charge is 2.24. The van der Waals surface area contributed by atoms with Gasteiger partial charge in [0.1, 0.15) is 6.10 Å². The van der Waals surface area contributed by atoms with E-state index >= 15 is 0 Å². The zero-order valence-electron chi connectivity index (χ0n) is 15.2. The van der Waals surface area contributed by atoms with Crippen LogP contribution in [0.4, 0.5) is 0 Å². The van der Waals surface area contributed by atoms with Crippen LogP contribution < -0.4 is 10.1 Å². The number of nitrogens with one attached hydrogen (secondary N) is 1. The smallest absolute Gasteiger partial charge is 0.233 e. The maximum absolute atomic E-state index is 6.01. The van der Waals surface area contributed by atoms with Gasteiger partial charge < -0.3 is 10.1 Å². The lowest BCUT2D eigenvalue weighted by atomic mass is 10.2. The molecule has 0 spiro atoms. The lowest BCUT2D eigenvalue weighted by Gasteiger charge is -2.16. The van der Waals surface area contributed by atoms with E-state index in [-0.39, 0.29) is 6.10 Å². The zero-order chi connectivity index (χ0) is 17.5. The molecular weight excluding hydrogens is 312 g/mol. The van der Waals surface area contributed by atoms with Gasteiger partial charge in [0.05, 0.1) is 5.69 Å². The summed E-state index contributed by atoms with van der Waals surface area (Å²) in [5.41, 5.74) is 2.30. The Bertz CT molecular complexity index is 630. The van der Waals surface area contributed by atoms with Crippen LogP contribution in [-0.2, 0) is 13.1 Å². The fourth-order valence-corrected chi connectivity index (χ4v) is 3.04. The van der Waals surface area contributed by atoms with Crippen molar-refractivity contribution < 1.29 is 4.74 Å². The normalized spacial score (nSPS) is 18.0. The predicted octanol–water partition coefficient (Wildman–Crippen LogP) is 2.88. The summed E-state index contributed by atoms with van der Waals surface area (Å²) in [5.74, 6) is 1.26. The molecule has 1 aliphatic heterocycles. The maximum Gasteiger partial charge on any atom is 0.233 e. The fraction of sp³-hybridized carbons (Fsp3) is 0.500. The molecule has 3 rings (SSSR count). The number of nitrogens with zero attached hydrogens (tertiary/aromatic N) is 3. The monoisotopic (exact) mass is 340 g/mol. The molecule has 2 heterocycles. The molecule has 0 saturated carbocycles. The van der Waals surface area contributed by atoms with Crippen molar-refractivity contribution >= 4 is 0 Å². The molecule has 0 radical (unpaired) electrons. The second kappa shape index (κ2) is 8.92. The molecule has 1 aliphatic rings. The van der Waals surface area contributed by atoms with E-state index < -0.39 is 0 Å². The van der Waals surface area contributed by atoms with Crippen LogP contribution in [0.5, 0.6) is 5.88 Å². The Morgan fingerprint density at radius 3 is 2.72 bits per heavy atom. The molecule has 0 amide bonds. The van der Waals surface area contributed by atoms with E-state index in [1.807, 2.05) is 12.1 Å². The average Bonchev–Trinajstić information content (AvgIpc) is 3.04. The van der Waals surface area contributed by atoms with Crippen molar-refractivity contribution in [2.75, 3.05) is 19.6 Å². The Morgan fingerprint density at radius 1 is 1.16 bits per heavy atom. The lowest BCUT2D eigenvalue weighted by molar-refractivity contribution is 0.189. The second-order valence-electron chi connectivity index (χ2n) is 7.14. The van der Waals surface area contributed by atoms with Crippen LogP contribution in [0.1, 0.15) is 31.5 Å². The van der Waals surface area contributed by atoms with E-state index in [0.717, 1.165) is 44.8 Å². The van der Waals surface area contributed by atoms with Crippen LogP contribution in [-0.4, -0.2) is 40.8 Å². The number of aromatic nitrogens is 2. The summed E-state index contributed by atoms with van der Waals surface area (Å²) in [6.07, 6.45) is 1.23. The SMILES string of the molecule is CC(C)CNCc1ccc(OC2CCN(Cc3ccccc3)C2)nn1. The molecular formula is C20H28N4O. The quantitative estimate of drug-likeness (QED) is 0.801. The van der Waals surface area contributed by atoms with Gasteiger partial charge in [-0.15, -0.1) is 5.10 Å². The Morgan fingerprint density at radius 2 is 2.00 bits per heavy atom. The Balaban J connectivity index is 1.43. The fourth-order valence-electron chi connectivity index (χ4n) is 3.04. The maximum atomic E-state index is 6.01. The third-order valence-electron chi connectivity index (χ3n) is 4.32. The molecule has 1 saturated heterocycles. The summed E-state index contributed by atoms with van der Waals surface area (Å²) in [6, 6.07) is 14.5. The van der Waals surface area contributed by atoms with Gasteiger partial charge in [-0.1, -0.05) is 44.2 Å². The van der Waals surface area contributed by atoms with Gasteiger partial charge in [0.2, 0.25) is 5.88 Å². The largest absolute Gasteiger partial charge is 0.472 e. The van der Waals surface area contributed by atoms with Crippen LogP contribution in [0, 0.1) is 5.92 Å². The minimum atomic E-state index is 0.197. The molecule has 1 aromatic heterocycles. The molecule has 1 fully saturated rings. The lowest BCUT2D eigenvalue weighted by Crippen LogP contribution is -2.25. The van der Waals surface area contributed by atoms with Crippen LogP contribution in [0.25, 0.3) is 0 Å². The first-order valence-corrected chi connectivity index (χ1v) is 9.15. The minimum Gasteiger partial charge on any atom is -0.472 e. The number of hydrogen-bond donors (Lipinski definition) is 1. The van der Waals surface area contributed by atoms with Crippen LogP contribution >= 0.6 is 0 Å². The number of likely N-dealkylation sites (tertiary alicyclic amines) is 1. The topological polar surface area (TPSA) is 50.3 Å². The van der Waals surface area contributed by atoms with E-state index in [1.165, 1.54) is 5.56 Å². The third-order valence-corrected chi connectivity index (χ3v) is 4.32. The van der Waals surface area contributed by atoms with Crippen molar-refractivity contribution in [3.05, 3.63) is 53.7 Å². The molecule has 1 atom stereocenters. The van der Waals surface area contributed by atoms with Crippen LogP contribution in [0.2, 0.25) is 0 Å². The van der Waals surface area contributed by atoms with Crippen LogP contribution in [0.15, 0.2) is 42.5 Å². The van der Waals surface area contributed by atoms with E-state index in [4.69, 9.17) is 4.74 Å².